The van der Waals surface area contributed by atoms with Gasteiger partial charge in [0.2, 0.25) is 0 Å². The van der Waals surface area contributed by atoms with Crippen molar-refractivity contribution in [1.82, 2.24) is 5.32 Å². The second-order valence-corrected chi connectivity index (χ2v) is 5.86. The molecule has 0 aromatic heterocycles. The van der Waals surface area contributed by atoms with Crippen molar-refractivity contribution < 1.29 is 4.79 Å². The average molecular weight is 286 g/mol. The first-order chi connectivity index (χ1) is 8.70. The van der Waals surface area contributed by atoms with Crippen LogP contribution in [0.3, 0.4) is 0 Å². The van der Waals surface area contributed by atoms with Crippen LogP contribution >= 0.6 is 23.4 Å². The number of carbonyl (C=O) groups is 1. The predicted octanol–water partition coefficient (Wildman–Crippen LogP) is 2.25. The zero-order valence-corrected chi connectivity index (χ0v) is 11.5. The molecule has 18 heavy (non-hydrogen) atoms. The molecular formula is C12H16ClN3OS. The van der Waals surface area contributed by atoms with E-state index in [0.717, 1.165) is 24.3 Å². The second-order valence-electron chi connectivity index (χ2n) is 4.19. The van der Waals surface area contributed by atoms with E-state index in [2.05, 4.69) is 10.7 Å². The standard InChI is InChI=1S/C12H16ClN3OS/c13-8-1-2-11(16-14)10(7-8)12(17)15-9-3-5-18-6-4-9/h1-2,7,9,16H,3-6,14H2,(H,15,17). The Morgan fingerprint density at radius 1 is 1.39 bits per heavy atom. The molecule has 0 spiro atoms. The minimum Gasteiger partial charge on any atom is -0.349 e. The molecule has 2 rings (SSSR count). The molecule has 0 radical (unpaired) electrons. The molecule has 98 valence electrons. The molecule has 1 aromatic carbocycles. The number of carbonyl (C=O) groups excluding carboxylic acids is 1. The molecule has 6 heteroatoms. The van der Waals surface area contributed by atoms with Gasteiger partial charge in [-0.15, -0.1) is 0 Å². The number of hydrogen-bond acceptors (Lipinski definition) is 4. The maximum Gasteiger partial charge on any atom is 0.253 e. The van der Waals surface area contributed by atoms with Crippen molar-refractivity contribution in [2.45, 2.75) is 18.9 Å². The largest absolute Gasteiger partial charge is 0.349 e. The van der Waals surface area contributed by atoms with Gasteiger partial charge in [0.05, 0.1) is 11.3 Å². The highest BCUT2D eigenvalue weighted by atomic mass is 35.5. The lowest BCUT2D eigenvalue weighted by atomic mass is 10.1. The number of halogens is 1. The predicted molar refractivity (Wildman–Crippen MR) is 77.1 cm³/mol. The molecule has 1 aliphatic heterocycles. The van der Waals surface area contributed by atoms with Crippen LogP contribution in [0.1, 0.15) is 23.2 Å². The van der Waals surface area contributed by atoms with Gasteiger partial charge in [-0.2, -0.15) is 11.8 Å². The summed E-state index contributed by atoms with van der Waals surface area (Å²) in [7, 11) is 0. The molecule has 1 fully saturated rings. The fourth-order valence-corrected chi connectivity index (χ4v) is 3.21. The highest BCUT2D eigenvalue weighted by Gasteiger charge is 2.18. The van der Waals surface area contributed by atoms with Crippen LogP contribution in [0, 0.1) is 0 Å². The highest BCUT2D eigenvalue weighted by Crippen LogP contribution is 2.21. The maximum absolute atomic E-state index is 12.2. The molecule has 1 heterocycles. The van der Waals surface area contributed by atoms with Gasteiger partial charge in [0, 0.05) is 11.1 Å². The first-order valence-corrected chi connectivity index (χ1v) is 7.39. The summed E-state index contributed by atoms with van der Waals surface area (Å²) < 4.78 is 0. The summed E-state index contributed by atoms with van der Waals surface area (Å²) in [6.45, 7) is 0. The molecule has 1 aromatic rings. The number of thioether (sulfide) groups is 1. The van der Waals surface area contributed by atoms with Crippen LogP contribution in [-0.4, -0.2) is 23.5 Å². The molecule has 1 amide bonds. The normalized spacial score (nSPS) is 16.3. The Balaban J connectivity index is 2.09. The molecule has 4 nitrogen and oxygen atoms in total. The van der Waals surface area contributed by atoms with Gasteiger partial charge in [0.15, 0.2) is 0 Å². The molecule has 0 unspecified atom stereocenters. The van der Waals surface area contributed by atoms with Gasteiger partial charge in [-0.25, -0.2) is 0 Å². The number of nitrogen functional groups attached to an aromatic ring is 1. The summed E-state index contributed by atoms with van der Waals surface area (Å²) in [5.74, 6) is 7.47. The third-order valence-corrected chi connectivity index (χ3v) is 4.22. The van der Waals surface area contributed by atoms with E-state index in [0.29, 0.717) is 16.3 Å². The first-order valence-electron chi connectivity index (χ1n) is 5.85. The van der Waals surface area contributed by atoms with Crippen molar-refractivity contribution in [2.24, 2.45) is 5.84 Å². The Bertz CT molecular complexity index is 435. The molecule has 4 N–H and O–H groups in total. The minimum absolute atomic E-state index is 0.123. The Morgan fingerprint density at radius 2 is 2.11 bits per heavy atom. The Morgan fingerprint density at radius 3 is 2.78 bits per heavy atom. The van der Waals surface area contributed by atoms with Gasteiger partial charge in [0.25, 0.3) is 5.91 Å². The quantitative estimate of drug-likeness (QED) is 0.589. The van der Waals surface area contributed by atoms with Crippen LogP contribution in [0.25, 0.3) is 0 Å². The van der Waals surface area contributed by atoms with Crippen molar-refractivity contribution >= 4 is 35.0 Å². The van der Waals surface area contributed by atoms with Gasteiger partial charge in [0.1, 0.15) is 0 Å². The molecule has 1 saturated heterocycles. The Hall–Kier alpha value is -0.910. The number of nitrogens with two attached hydrogens (primary N) is 1. The second kappa shape index (κ2) is 6.31. The summed E-state index contributed by atoms with van der Waals surface area (Å²) in [6.07, 6.45) is 2.03. The highest BCUT2D eigenvalue weighted by molar-refractivity contribution is 7.99. The third-order valence-electron chi connectivity index (χ3n) is 2.94. The maximum atomic E-state index is 12.2. The van der Waals surface area contributed by atoms with E-state index in [1.165, 1.54) is 0 Å². The van der Waals surface area contributed by atoms with Crippen LogP contribution in [0.2, 0.25) is 5.02 Å². The van der Waals surface area contributed by atoms with Crippen LogP contribution in [0.15, 0.2) is 18.2 Å². The zero-order chi connectivity index (χ0) is 13.0. The SMILES string of the molecule is NNc1ccc(Cl)cc1C(=O)NC1CCSCC1. The van der Waals surface area contributed by atoms with E-state index >= 15 is 0 Å². The van der Waals surface area contributed by atoms with Gasteiger partial charge < -0.3 is 10.7 Å². The summed E-state index contributed by atoms with van der Waals surface area (Å²) in [5.41, 5.74) is 3.59. The molecule has 0 saturated carbocycles. The minimum atomic E-state index is -0.123. The molecule has 0 aliphatic carbocycles. The van der Waals surface area contributed by atoms with E-state index in [-0.39, 0.29) is 11.9 Å². The topological polar surface area (TPSA) is 67.1 Å². The smallest absolute Gasteiger partial charge is 0.253 e. The Kier molecular flexibility index (Phi) is 4.74. The van der Waals surface area contributed by atoms with Crippen LogP contribution in [0.5, 0.6) is 0 Å². The van der Waals surface area contributed by atoms with Crippen LogP contribution < -0.4 is 16.6 Å². The first kappa shape index (κ1) is 13.5. The van der Waals surface area contributed by atoms with Gasteiger partial charge in [-0.05, 0) is 42.5 Å². The van der Waals surface area contributed by atoms with E-state index in [4.69, 9.17) is 17.4 Å². The number of hydrogen-bond donors (Lipinski definition) is 3. The van der Waals surface area contributed by atoms with Crippen molar-refractivity contribution in [3.05, 3.63) is 28.8 Å². The average Bonchev–Trinajstić information content (AvgIpc) is 2.40. The van der Waals surface area contributed by atoms with Crippen LogP contribution in [-0.2, 0) is 0 Å². The monoisotopic (exact) mass is 285 g/mol. The molecule has 1 aliphatic rings. The fourth-order valence-electron chi connectivity index (χ4n) is 1.94. The van der Waals surface area contributed by atoms with Gasteiger partial charge >= 0.3 is 0 Å². The van der Waals surface area contributed by atoms with Crippen molar-refractivity contribution in [3.63, 3.8) is 0 Å². The summed E-state index contributed by atoms with van der Waals surface area (Å²) in [5, 5.41) is 3.56. The number of hydrazine groups is 1. The van der Waals surface area contributed by atoms with E-state index in [1.54, 1.807) is 18.2 Å². The molecular weight excluding hydrogens is 270 g/mol. The molecule has 0 atom stereocenters. The summed E-state index contributed by atoms with van der Waals surface area (Å²) >= 11 is 7.84. The summed E-state index contributed by atoms with van der Waals surface area (Å²) in [6, 6.07) is 5.28. The lowest BCUT2D eigenvalue weighted by molar-refractivity contribution is 0.0935. The lowest BCUT2D eigenvalue weighted by Crippen LogP contribution is -2.37. The number of anilines is 1. The number of nitrogens with one attached hydrogen (secondary N) is 2. The lowest BCUT2D eigenvalue weighted by Gasteiger charge is -2.23. The van der Waals surface area contributed by atoms with Crippen molar-refractivity contribution in [1.29, 1.82) is 0 Å². The van der Waals surface area contributed by atoms with Crippen molar-refractivity contribution in [3.8, 4) is 0 Å². The van der Waals surface area contributed by atoms with E-state index < -0.39 is 0 Å². The van der Waals surface area contributed by atoms with E-state index in [1.807, 2.05) is 11.8 Å². The Labute approximate surface area is 116 Å². The summed E-state index contributed by atoms with van der Waals surface area (Å²) in [4.78, 5) is 12.2. The third kappa shape index (κ3) is 3.31. The zero-order valence-electron chi connectivity index (χ0n) is 9.91. The number of amides is 1. The number of benzene rings is 1. The van der Waals surface area contributed by atoms with E-state index in [9.17, 15) is 4.79 Å². The fraction of sp³-hybridized carbons (Fsp3) is 0.417. The molecule has 0 bridgehead atoms. The van der Waals surface area contributed by atoms with Crippen LogP contribution in [0.4, 0.5) is 5.69 Å². The van der Waals surface area contributed by atoms with Gasteiger partial charge in [-0.1, -0.05) is 11.6 Å². The number of rotatable bonds is 3. The van der Waals surface area contributed by atoms with Crippen molar-refractivity contribution in [2.75, 3.05) is 16.9 Å². The van der Waals surface area contributed by atoms with Gasteiger partial charge in [-0.3, -0.25) is 10.6 Å².